The fourth-order valence-corrected chi connectivity index (χ4v) is 14.5. The second kappa shape index (κ2) is 43.1. The van der Waals surface area contributed by atoms with Crippen molar-refractivity contribution in [2.45, 2.75) is 194 Å². The molecule has 0 unspecified atom stereocenters. The Morgan fingerprint density at radius 3 is 1.74 bits per heavy atom. The van der Waals surface area contributed by atoms with Crippen molar-refractivity contribution in [2.75, 3.05) is 24.6 Å². The maximum atomic E-state index is 14.4. The summed E-state index contributed by atoms with van der Waals surface area (Å²) in [6, 6.07) is 29.2. The Bertz CT molecular complexity index is 3880. The summed E-state index contributed by atoms with van der Waals surface area (Å²) in [6.07, 6.45) is 0.839. The van der Waals surface area contributed by atoms with Crippen molar-refractivity contribution in [3.63, 3.8) is 0 Å². The van der Waals surface area contributed by atoms with Crippen molar-refractivity contribution < 1.29 is 62.3 Å². The molecule has 576 valence electrons. The van der Waals surface area contributed by atoms with E-state index in [-0.39, 0.29) is 67.4 Å². The lowest BCUT2D eigenvalue weighted by Crippen LogP contribution is -2.60. The lowest BCUT2D eigenvalue weighted by Gasteiger charge is -2.29. The summed E-state index contributed by atoms with van der Waals surface area (Å²) in [5, 5.41) is 27.3. The number of amides is 11. The first kappa shape index (κ1) is 86.2. The highest BCUT2D eigenvalue weighted by atomic mass is 33.1. The number of benzene rings is 5. The summed E-state index contributed by atoms with van der Waals surface area (Å²) in [7, 11) is 2.52. The van der Waals surface area contributed by atoms with Crippen LogP contribution in [0.1, 0.15) is 126 Å². The van der Waals surface area contributed by atoms with Crippen LogP contribution in [0.5, 0.6) is 0 Å². The molecule has 107 heavy (non-hydrogen) atoms. The molecule has 0 radical (unpaired) electrons. The number of rotatable bonds is 24. The van der Waals surface area contributed by atoms with Crippen LogP contribution in [0.4, 0.5) is 0 Å². The van der Waals surface area contributed by atoms with Crippen molar-refractivity contribution in [3.8, 4) is 11.1 Å². The molecule has 0 bridgehead atoms. The molecule has 0 saturated carbocycles. The molecule has 7 rings (SSSR count). The third-order valence-corrected chi connectivity index (χ3v) is 20.3. The minimum atomic E-state index is -1.50. The average Bonchev–Trinajstić information content (AvgIpc) is 1.80. The molecule has 11 amide bonds. The zero-order valence-electron chi connectivity index (χ0n) is 62.7. The van der Waals surface area contributed by atoms with Crippen molar-refractivity contribution in [1.29, 1.82) is 0 Å². The summed E-state index contributed by atoms with van der Waals surface area (Å²) < 4.78 is 0. The third kappa shape index (κ3) is 29.1. The number of carbonyl (C=O) groups excluding carboxylic acids is 13. The molecule has 5 aromatic carbocycles. The van der Waals surface area contributed by atoms with E-state index < -0.39 is 132 Å². The maximum Gasteiger partial charge on any atom is 0.244 e. The van der Waals surface area contributed by atoms with Gasteiger partial charge in [-0.15, -0.1) is 0 Å². The quantitative estimate of drug-likeness (QED) is 0.0386. The van der Waals surface area contributed by atoms with Gasteiger partial charge in [-0.1, -0.05) is 188 Å². The molecular formula is C79H105N13O13S2. The Morgan fingerprint density at radius 1 is 0.589 bits per heavy atom. The number of ketones is 2. The van der Waals surface area contributed by atoms with Crippen LogP contribution >= 0.6 is 21.6 Å². The highest BCUT2D eigenvalue weighted by Gasteiger charge is 2.40. The van der Waals surface area contributed by atoms with Crippen LogP contribution in [-0.4, -0.2) is 166 Å². The van der Waals surface area contributed by atoms with Crippen LogP contribution in [0.2, 0.25) is 0 Å². The summed E-state index contributed by atoms with van der Waals surface area (Å²) in [5.74, 6) is -7.17. The first-order valence-corrected chi connectivity index (χ1v) is 38.6. The molecule has 14 N–H and O–H groups in total. The smallest absolute Gasteiger partial charge is 0.244 e. The Balaban J connectivity index is 0.000000396. The molecule has 2 fully saturated rings. The highest BCUT2D eigenvalue weighted by Crippen LogP contribution is 2.26. The predicted octanol–water partition coefficient (Wildman–Crippen LogP) is 4.17. The summed E-state index contributed by atoms with van der Waals surface area (Å²) in [4.78, 5) is 175. The van der Waals surface area contributed by atoms with Gasteiger partial charge in [0, 0.05) is 76.2 Å². The Hall–Kier alpha value is -9.77. The minimum Gasteiger partial charge on any atom is -0.351 e. The number of carbonyl (C=O) groups is 13. The van der Waals surface area contributed by atoms with Crippen LogP contribution in [0.3, 0.4) is 0 Å². The number of hydrogen-bond donors (Lipinski definition) is 12. The van der Waals surface area contributed by atoms with Crippen molar-refractivity contribution in [1.82, 2.24) is 58.1 Å². The van der Waals surface area contributed by atoms with E-state index in [9.17, 15) is 62.3 Å². The molecule has 2 heterocycles. The van der Waals surface area contributed by atoms with Crippen LogP contribution in [0.25, 0.3) is 11.1 Å². The van der Waals surface area contributed by atoms with Crippen LogP contribution in [0, 0.1) is 25.7 Å². The first-order valence-electron chi connectivity index (χ1n) is 36.1. The maximum absolute atomic E-state index is 14.4. The van der Waals surface area contributed by atoms with Gasteiger partial charge in [0.15, 0.2) is 0 Å². The number of hydrogen-bond acceptors (Lipinski definition) is 17. The van der Waals surface area contributed by atoms with Crippen LogP contribution in [0.15, 0.2) is 127 Å². The Labute approximate surface area is 634 Å². The minimum absolute atomic E-state index is 0.00324. The molecule has 10 atom stereocenters. The summed E-state index contributed by atoms with van der Waals surface area (Å²) in [5.41, 5.74) is 19.9. The largest absolute Gasteiger partial charge is 0.351 e. The summed E-state index contributed by atoms with van der Waals surface area (Å²) >= 11 is 0. The number of Topliss-reactive ketones (excluding diaryl/α,β-unsaturated/α-hetero) is 2. The van der Waals surface area contributed by atoms with Crippen LogP contribution in [-0.2, 0) is 94.7 Å². The molecule has 2 saturated heterocycles. The third-order valence-electron chi connectivity index (χ3n) is 17.8. The molecule has 28 heteroatoms. The second-order valence-corrected chi connectivity index (χ2v) is 30.7. The van der Waals surface area contributed by atoms with Gasteiger partial charge in [-0.05, 0) is 105 Å². The molecule has 5 aromatic rings. The summed E-state index contributed by atoms with van der Waals surface area (Å²) in [6.45, 7) is 17.3. The van der Waals surface area contributed by atoms with E-state index in [0.717, 1.165) is 38.9 Å². The van der Waals surface area contributed by atoms with E-state index in [0.29, 0.717) is 49.2 Å². The van der Waals surface area contributed by atoms with Gasteiger partial charge < -0.3 is 69.5 Å². The normalized spacial score (nSPS) is 20.2. The van der Waals surface area contributed by atoms with E-state index in [1.54, 1.807) is 45.0 Å². The number of aryl methyl sites for hydroxylation is 2. The fourth-order valence-electron chi connectivity index (χ4n) is 12.0. The zero-order valence-corrected chi connectivity index (χ0v) is 64.3. The molecular weight excluding hydrogens is 1400 g/mol. The lowest BCUT2D eigenvalue weighted by atomic mass is 10.00. The van der Waals surface area contributed by atoms with E-state index in [1.807, 2.05) is 131 Å². The lowest BCUT2D eigenvalue weighted by molar-refractivity contribution is -0.140. The van der Waals surface area contributed by atoms with Gasteiger partial charge in [0.05, 0.1) is 12.6 Å². The van der Waals surface area contributed by atoms with Gasteiger partial charge in [0.25, 0.3) is 0 Å². The molecule has 2 aliphatic rings. The monoisotopic (exact) mass is 1510 g/mol. The van der Waals surface area contributed by atoms with Gasteiger partial charge in [-0.2, -0.15) is 0 Å². The molecule has 0 aliphatic carbocycles. The van der Waals surface area contributed by atoms with E-state index in [2.05, 4.69) is 53.2 Å². The highest BCUT2D eigenvalue weighted by molar-refractivity contribution is 8.76. The Morgan fingerprint density at radius 2 is 1.16 bits per heavy atom. The average molecular weight is 1510 g/mol. The predicted molar refractivity (Wildman–Crippen MR) is 414 cm³/mol. The topological polar surface area (TPSA) is 397 Å². The van der Waals surface area contributed by atoms with Crippen LogP contribution < -0.4 is 64.6 Å². The number of nitrogens with zero attached hydrogens (tertiary/aromatic N) is 1. The number of likely N-dealkylation sites (tertiary alicyclic amines) is 1. The van der Waals surface area contributed by atoms with Gasteiger partial charge in [0.1, 0.15) is 59.9 Å². The van der Waals surface area contributed by atoms with Gasteiger partial charge in [-0.3, -0.25) is 62.3 Å². The zero-order chi connectivity index (χ0) is 78.4. The molecule has 26 nitrogen and oxygen atoms in total. The SMILES string of the molecule is CC(=O)C[C@@H]1NC(=O)[C@@H](NC(=O)[C@@H]2CCCN2C(=O)[C@@H](N)CC(C)C)CSSC[C@@H](C)NC(=O)[C@H](C(C)C)NC(=O)CNC(=O)[C@H](Cc2ccc(C)cc2)NC(=O)[C@H](Cc2ccc(C)cc2)NC1=O.CC(=O)C[C@H](NC(=O)[C@H](Cc1ccc(-c2ccccc2)cc1)NC(C)=O)C(=O)NCc1cccc(CN)c1. The Kier molecular flexibility index (Phi) is 34.7. The standard InChI is InChI=1S/C49H71N9O9S2.C30H34N4O4/c1-27(2)20-35(50)49(67)58-19-9-10-40(58)47(65)56-39-26-69-68-25-31(7)52-48(66)42(28(3)4)57-41(60)24-51-43(61)37(22-33-15-11-29(5)12-16-33)54-45(63)38(23-34-17-13-30(6)14-18-34)55-44(62)36(21-32(8)59)53-46(39)64;1-20(35)15-27(29(37)32-19-24-8-6-7-23(16-24)18-31)34-30(38)28(33-21(2)36)17-22-11-13-26(14-12-22)25-9-4-3-5-10-25/h11-18,27-28,31,35-40,42H,9-10,19-26,50H2,1-8H3,(H,51,61)(H,52,66)(H,53,64)(H,54,63)(H,55,62)(H,56,65)(H,57,60);3-14,16,27-28H,15,17-19,31H2,1-2H3,(H,32,37)(H,33,36)(H,34,38)/t31-,35+,36+,37+,38+,39+,40+,42+;27-,28-/m10/s1. The number of nitrogens with two attached hydrogens (primary N) is 2. The van der Waals surface area contributed by atoms with Crippen molar-refractivity contribution >= 4 is 98.1 Å². The van der Waals surface area contributed by atoms with E-state index in [4.69, 9.17) is 11.5 Å². The molecule has 2 aliphatic heterocycles. The van der Waals surface area contributed by atoms with Gasteiger partial charge >= 0.3 is 0 Å². The van der Waals surface area contributed by atoms with E-state index in [1.165, 1.54) is 47.3 Å². The molecule has 0 aromatic heterocycles. The fraction of sp³-hybridized carbons (Fsp3) is 0.456. The van der Waals surface area contributed by atoms with Gasteiger partial charge in [0.2, 0.25) is 65.0 Å². The van der Waals surface area contributed by atoms with Crippen molar-refractivity contribution in [3.05, 3.63) is 166 Å². The van der Waals surface area contributed by atoms with E-state index >= 15 is 0 Å². The molecule has 0 spiro atoms. The van der Waals surface area contributed by atoms with Crippen molar-refractivity contribution in [2.24, 2.45) is 23.3 Å². The van der Waals surface area contributed by atoms with Gasteiger partial charge in [-0.25, -0.2) is 0 Å². The second-order valence-electron chi connectivity index (χ2n) is 28.2. The first-order chi connectivity index (χ1) is 50.9. The number of nitrogens with one attached hydrogen (secondary N) is 10.